The summed E-state index contributed by atoms with van der Waals surface area (Å²) in [5.74, 6) is 0. The number of nitrogens with one attached hydrogen (secondary N) is 2. The average molecular weight is 155 g/mol. The van der Waals surface area contributed by atoms with Gasteiger partial charge in [-0.3, -0.25) is 5.41 Å². The Hall–Kier alpha value is -1.32. The highest BCUT2D eigenvalue weighted by atomic mass is 15.3. The molecule has 0 fully saturated rings. The van der Waals surface area contributed by atoms with E-state index in [-0.39, 0.29) is 0 Å². The van der Waals surface area contributed by atoms with Crippen LogP contribution in [0.5, 0.6) is 0 Å². The van der Waals surface area contributed by atoms with Gasteiger partial charge in [0, 0.05) is 6.54 Å². The molecule has 0 radical (unpaired) electrons. The number of hydrogen-bond donors (Lipinski definition) is 3. The number of hydrazone groups is 1. The highest BCUT2D eigenvalue weighted by Crippen LogP contribution is 1.65. The van der Waals surface area contributed by atoms with Crippen LogP contribution < -0.4 is 16.2 Å². The molecular weight excluding hydrogens is 140 g/mol. The topological polar surface area (TPSA) is 62.0 Å². The van der Waals surface area contributed by atoms with E-state index < -0.39 is 0 Å². The predicted molar refractivity (Wildman–Crippen MR) is 47.3 cm³/mol. The maximum Gasteiger partial charge on any atom is 0.180 e. The second-order valence-corrected chi connectivity index (χ2v) is 1.79. The normalized spacial score (nSPS) is 10.6. The van der Waals surface area contributed by atoms with Gasteiger partial charge < -0.3 is 10.7 Å². The Kier molecular flexibility index (Phi) is 7.64. The lowest BCUT2D eigenvalue weighted by Crippen LogP contribution is -2.30. The summed E-state index contributed by atoms with van der Waals surface area (Å²) in [7, 11) is 0. The van der Waals surface area contributed by atoms with Crippen LogP contribution in [0.25, 0.3) is 0 Å². The lowest BCUT2D eigenvalue weighted by molar-refractivity contribution is -0.102. The van der Waals surface area contributed by atoms with Gasteiger partial charge in [-0.2, -0.15) is 5.10 Å². The van der Waals surface area contributed by atoms with Crippen LogP contribution in [0.2, 0.25) is 0 Å². The minimum absolute atomic E-state index is 0.706. The van der Waals surface area contributed by atoms with Crippen molar-refractivity contribution in [3.05, 3.63) is 12.3 Å². The van der Waals surface area contributed by atoms with Gasteiger partial charge >= 0.3 is 0 Å². The highest BCUT2D eigenvalue weighted by Gasteiger charge is 1.71. The van der Waals surface area contributed by atoms with Crippen LogP contribution in [-0.2, 0) is 0 Å². The van der Waals surface area contributed by atoms with Crippen LogP contribution in [0.1, 0.15) is 6.92 Å². The minimum Gasteiger partial charge on any atom is -0.391 e. The van der Waals surface area contributed by atoms with E-state index in [1.807, 2.05) is 19.2 Å². The minimum atomic E-state index is 0.706. The third-order valence-corrected chi connectivity index (χ3v) is 0.901. The third kappa shape index (κ3) is 8.68. The largest absolute Gasteiger partial charge is 0.391 e. The Morgan fingerprint density at radius 3 is 3.00 bits per heavy atom. The van der Waals surface area contributed by atoms with Gasteiger partial charge in [0.1, 0.15) is 6.21 Å². The fourth-order valence-corrected chi connectivity index (χ4v) is 0.461. The van der Waals surface area contributed by atoms with Crippen molar-refractivity contribution in [1.29, 1.82) is 0 Å². The molecule has 0 atom stereocenters. The monoisotopic (exact) mass is 155 g/mol. The quantitative estimate of drug-likeness (QED) is 0.249. The summed E-state index contributed by atoms with van der Waals surface area (Å²) in [5.41, 5.74) is 2.78. The van der Waals surface area contributed by atoms with Crippen LogP contribution in [0.4, 0.5) is 0 Å². The van der Waals surface area contributed by atoms with Gasteiger partial charge in [0.25, 0.3) is 0 Å². The summed E-state index contributed by atoms with van der Waals surface area (Å²) in [5, 5.41) is 11.8. The van der Waals surface area contributed by atoms with E-state index in [1.54, 1.807) is 0 Å². The summed E-state index contributed by atoms with van der Waals surface area (Å²) >= 11 is 0. The fourth-order valence-electron chi connectivity index (χ4n) is 0.461. The zero-order chi connectivity index (χ0) is 8.36. The van der Waals surface area contributed by atoms with Gasteiger partial charge in [0.05, 0.1) is 6.54 Å². The zero-order valence-corrected chi connectivity index (χ0v) is 6.75. The lowest BCUT2D eigenvalue weighted by Gasteiger charge is -1.92. The molecule has 0 rings (SSSR count). The molecule has 0 aromatic heterocycles. The molecule has 62 valence electrons. The van der Waals surface area contributed by atoms with Gasteiger partial charge in [0.2, 0.25) is 0 Å². The van der Waals surface area contributed by atoms with E-state index in [2.05, 4.69) is 15.8 Å². The molecule has 0 heterocycles. The van der Waals surface area contributed by atoms with Crippen molar-refractivity contribution in [2.24, 2.45) is 5.10 Å². The maximum atomic E-state index is 5.05. The SMILES string of the molecule is CCN/C=C\CN/N=C\C=[NH2+]. The van der Waals surface area contributed by atoms with E-state index in [4.69, 9.17) is 5.41 Å². The Morgan fingerprint density at radius 1 is 1.55 bits per heavy atom. The van der Waals surface area contributed by atoms with E-state index in [1.165, 1.54) is 12.4 Å². The number of nitrogens with zero attached hydrogens (tertiary/aromatic N) is 1. The van der Waals surface area contributed by atoms with Crippen molar-refractivity contribution in [3.8, 4) is 0 Å². The molecule has 0 saturated carbocycles. The maximum absolute atomic E-state index is 5.05. The molecule has 4 nitrogen and oxygen atoms in total. The van der Waals surface area contributed by atoms with E-state index in [0.29, 0.717) is 6.54 Å². The summed E-state index contributed by atoms with van der Waals surface area (Å²) < 4.78 is 0. The van der Waals surface area contributed by atoms with Gasteiger partial charge in [-0.15, -0.1) is 0 Å². The summed E-state index contributed by atoms with van der Waals surface area (Å²) in [6, 6.07) is 0. The molecule has 0 bridgehead atoms. The Balaban J connectivity index is 3.12. The van der Waals surface area contributed by atoms with Crippen LogP contribution >= 0.6 is 0 Å². The first-order chi connectivity index (χ1) is 5.41. The number of nitrogens with two attached hydrogens (primary N) is 1. The van der Waals surface area contributed by atoms with Crippen molar-refractivity contribution in [3.63, 3.8) is 0 Å². The lowest BCUT2D eigenvalue weighted by atomic mass is 10.6. The third-order valence-electron chi connectivity index (χ3n) is 0.901. The fraction of sp³-hybridized carbons (Fsp3) is 0.429. The molecule has 0 amide bonds. The summed E-state index contributed by atoms with van der Waals surface area (Å²) in [6.07, 6.45) is 6.70. The molecular formula is C7H15N4+. The van der Waals surface area contributed by atoms with E-state index >= 15 is 0 Å². The summed E-state index contributed by atoms with van der Waals surface area (Å²) in [4.78, 5) is 0. The van der Waals surface area contributed by atoms with Crippen molar-refractivity contribution < 1.29 is 5.41 Å². The van der Waals surface area contributed by atoms with Crippen LogP contribution in [0.15, 0.2) is 17.4 Å². The molecule has 0 aromatic carbocycles. The Bertz CT molecular complexity index is 139. The second kappa shape index (κ2) is 8.68. The first kappa shape index (κ1) is 9.68. The van der Waals surface area contributed by atoms with Gasteiger partial charge in [0.15, 0.2) is 6.21 Å². The molecule has 0 aliphatic heterocycles. The Labute approximate surface area is 66.9 Å². The highest BCUT2D eigenvalue weighted by molar-refractivity contribution is 6.12. The molecule has 11 heavy (non-hydrogen) atoms. The molecule has 4 N–H and O–H groups in total. The summed E-state index contributed by atoms with van der Waals surface area (Å²) in [6.45, 7) is 3.69. The van der Waals surface area contributed by atoms with Crippen molar-refractivity contribution >= 4 is 12.4 Å². The smallest absolute Gasteiger partial charge is 0.180 e. The van der Waals surface area contributed by atoms with E-state index in [9.17, 15) is 0 Å². The molecule has 0 aromatic rings. The van der Waals surface area contributed by atoms with Gasteiger partial charge in [-0.1, -0.05) is 0 Å². The first-order valence-corrected chi connectivity index (χ1v) is 3.59. The van der Waals surface area contributed by atoms with Crippen molar-refractivity contribution in [2.45, 2.75) is 6.92 Å². The molecule has 0 spiro atoms. The molecule has 0 aliphatic carbocycles. The molecule has 0 unspecified atom stereocenters. The van der Waals surface area contributed by atoms with Crippen molar-refractivity contribution in [2.75, 3.05) is 13.1 Å². The van der Waals surface area contributed by atoms with Gasteiger partial charge in [-0.05, 0) is 19.2 Å². The zero-order valence-electron chi connectivity index (χ0n) is 6.75. The standard InChI is InChI=1S/C7H14N4/c1-2-9-5-3-6-10-11-7-4-8/h3-5,7-10H,2,6H2,1H3/p+1/b5-3-,8-4?,11-7-. The van der Waals surface area contributed by atoms with Crippen LogP contribution in [0.3, 0.4) is 0 Å². The van der Waals surface area contributed by atoms with Crippen LogP contribution in [-0.4, -0.2) is 25.5 Å². The van der Waals surface area contributed by atoms with Gasteiger partial charge in [-0.25, -0.2) is 0 Å². The van der Waals surface area contributed by atoms with E-state index in [0.717, 1.165) is 6.54 Å². The molecule has 4 heteroatoms. The first-order valence-electron chi connectivity index (χ1n) is 3.59. The molecule has 0 aliphatic rings. The second-order valence-electron chi connectivity index (χ2n) is 1.79. The van der Waals surface area contributed by atoms with Crippen molar-refractivity contribution in [1.82, 2.24) is 10.7 Å². The molecule has 0 saturated heterocycles. The average Bonchev–Trinajstić information content (AvgIpc) is 2.03. The predicted octanol–water partition coefficient (Wildman–Crippen LogP) is -1.49. The Morgan fingerprint density at radius 2 is 2.36 bits per heavy atom. The number of hydrogen-bond acceptors (Lipinski definition) is 3. The van der Waals surface area contributed by atoms with Crippen LogP contribution in [0, 0.1) is 0 Å². The number of rotatable bonds is 6.